The van der Waals surface area contributed by atoms with Crippen LogP contribution in [0.1, 0.15) is 118 Å². The molecule has 19 nitrogen and oxygen atoms in total. The molecule has 2 atom stereocenters. The molecule has 2 saturated carbocycles. The van der Waals surface area contributed by atoms with Crippen molar-refractivity contribution in [3.63, 3.8) is 0 Å². The van der Waals surface area contributed by atoms with Gasteiger partial charge in [-0.15, -0.1) is 0 Å². The van der Waals surface area contributed by atoms with E-state index < -0.39 is 47.2 Å². The number of ether oxygens (including phenoxy) is 2. The highest BCUT2D eigenvalue weighted by molar-refractivity contribution is 7.90. The van der Waals surface area contributed by atoms with Gasteiger partial charge in [0.15, 0.2) is 23.0 Å². The molecule has 7 N–H and O–H groups in total. The third-order valence-corrected chi connectivity index (χ3v) is 17.4. The molecule has 2 aromatic heterocycles. The first-order valence-corrected chi connectivity index (χ1v) is 27.5. The number of hydrogen-bond donors (Lipinski definition) is 6. The number of piperidine rings is 1. The van der Waals surface area contributed by atoms with Gasteiger partial charge in [-0.2, -0.15) is 8.42 Å². The molecule has 1 spiro atoms. The Morgan fingerprint density at radius 1 is 0.986 bits per heavy atom. The number of carbonyl (C=O) groups is 1. The molecule has 2 saturated heterocycles. The van der Waals surface area contributed by atoms with E-state index >= 15 is 0 Å². The molecule has 10 rings (SSSR count). The molecule has 71 heavy (non-hydrogen) atoms. The molecule has 3 aliphatic heterocycles. The summed E-state index contributed by atoms with van der Waals surface area (Å²) >= 11 is 0. The van der Waals surface area contributed by atoms with Crippen LogP contribution in [0.3, 0.4) is 0 Å². The topological polar surface area (TPSA) is 264 Å². The van der Waals surface area contributed by atoms with Gasteiger partial charge in [0, 0.05) is 60.6 Å². The van der Waals surface area contributed by atoms with Crippen LogP contribution in [0.15, 0.2) is 77.8 Å². The molecular weight excluding hydrogens is 951 g/mol. The number of aliphatic hydroxyl groups is 1. The van der Waals surface area contributed by atoms with Crippen molar-refractivity contribution in [2.24, 2.45) is 16.5 Å². The number of nitrogens with one attached hydrogen (secondary N) is 4. The Morgan fingerprint density at radius 3 is 2.45 bits per heavy atom. The summed E-state index contributed by atoms with van der Waals surface area (Å²) < 4.78 is 69.4. The van der Waals surface area contributed by atoms with Crippen LogP contribution in [0.25, 0.3) is 11.0 Å². The Bertz CT molecular complexity index is 3100. The van der Waals surface area contributed by atoms with Crippen molar-refractivity contribution in [2.45, 2.75) is 120 Å². The zero-order valence-corrected chi connectivity index (χ0v) is 41.7. The van der Waals surface area contributed by atoms with Gasteiger partial charge in [0.2, 0.25) is 0 Å². The van der Waals surface area contributed by atoms with Crippen LogP contribution < -0.4 is 34.3 Å². The van der Waals surface area contributed by atoms with Gasteiger partial charge in [-0.3, -0.25) is 24.5 Å². The first-order valence-electron chi connectivity index (χ1n) is 24.5. The number of amides is 1. The van der Waals surface area contributed by atoms with E-state index in [0.29, 0.717) is 60.4 Å². The van der Waals surface area contributed by atoms with E-state index in [4.69, 9.17) is 14.6 Å². The minimum absolute atomic E-state index is 0.0290. The zero-order chi connectivity index (χ0) is 50.0. The zero-order valence-electron chi connectivity index (χ0n) is 40.0. The largest absolute Gasteiger partial charge is 0.489 e. The number of aromatic nitrogens is 2. The van der Waals surface area contributed by atoms with Crippen molar-refractivity contribution >= 4 is 60.1 Å². The number of likely N-dealkylation sites (tertiary alicyclic amines) is 1. The Balaban J connectivity index is 0.897. The number of nitrogens with zero attached hydrogens (tertiary/aromatic N) is 4. The summed E-state index contributed by atoms with van der Waals surface area (Å²) in [5, 5.41) is 32.0. The van der Waals surface area contributed by atoms with Gasteiger partial charge in [0.05, 0.1) is 27.0 Å². The van der Waals surface area contributed by atoms with Crippen LogP contribution in [-0.4, -0.2) is 91.6 Å². The highest BCUT2D eigenvalue weighted by atomic mass is 32.2. The number of benzene rings is 3. The molecule has 378 valence electrons. The van der Waals surface area contributed by atoms with Gasteiger partial charge < -0.3 is 29.8 Å². The van der Waals surface area contributed by atoms with Crippen molar-refractivity contribution < 1.29 is 41.1 Å². The number of hydrogen-bond acceptors (Lipinski definition) is 14. The van der Waals surface area contributed by atoms with Gasteiger partial charge in [0.1, 0.15) is 18.0 Å². The smallest absolute Gasteiger partial charge is 0.297 e. The highest BCUT2D eigenvalue weighted by Crippen LogP contribution is 2.54. The molecule has 0 unspecified atom stereocenters. The van der Waals surface area contributed by atoms with Crippen molar-refractivity contribution in [2.75, 3.05) is 41.2 Å². The van der Waals surface area contributed by atoms with Crippen molar-refractivity contribution in [1.29, 1.82) is 0 Å². The Hall–Kier alpha value is -6.00. The summed E-state index contributed by atoms with van der Waals surface area (Å²) in [7, 11) is -9.17. The van der Waals surface area contributed by atoms with Crippen LogP contribution in [0.2, 0.25) is 0 Å². The number of anilines is 3. The molecule has 4 fully saturated rings. The predicted octanol–water partition coefficient (Wildman–Crippen LogP) is 7.82. The van der Waals surface area contributed by atoms with Crippen molar-refractivity contribution in [1.82, 2.24) is 19.6 Å². The summed E-state index contributed by atoms with van der Waals surface area (Å²) in [4.78, 5) is 37.7. The lowest BCUT2D eigenvalue weighted by Gasteiger charge is -2.56. The summed E-state index contributed by atoms with van der Waals surface area (Å²) in [6, 6.07) is 19.5. The number of sulfonamides is 1. The predicted molar refractivity (Wildman–Crippen MR) is 269 cm³/mol. The highest BCUT2D eigenvalue weighted by Gasteiger charge is 2.50. The molecule has 21 heteroatoms. The minimum Gasteiger partial charge on any atom is -0.489 e. The molecule has 2 aliphatic carbocycles. The lowest BCUT2D eigenvalue weighted by molar-refractivity contribution is -0.384. The molecule has 0 bridgehead atoms. The summed E-state index contributed by atoms with van der Waals surface area (Å²) in [6.45, 7) is 8.96. The van der Waals surface area contributed by atoms with Crippen LogP contribution in [-0.2, 0) is 20.2 Å². The third-order valence-electron chi connectivity index (χ3n) is 15.6. The quantitative estimate of drug-likeness (QED) is 0.0485. The lowest BCUT2D eigenvalue weighted by Crippen LogP contribution is -2.54. The average Bonchev–Trinajstić information content (AvgIpc) is 3.99. The van der Waals surface area contributed by atoms with Gasteiger partial charge >= 0.3 is 0 Å². The minimum atomic E-state index is -4.80. The van der Waals surface area contributed by atoms with E-state index in [2.05, 4.69) is 72.6 Å². The normalized spacial score (nSPS) is 23.7. The standard InChI is InChI=1S/C50H61N9O10S2/c1-30(2)36-7-4-5-8-37(36)40-9-6-20-58(40)34-27-50(28-34)17-21-57(22-18-50)33-10-11-38(42(24-33)69-44-23-32-14-19-52-46(32)54-47(44)55-71(51,66)67)48(60)56-70(64,65)35-25-41(59(62)63)45-43(26-35)68-29-39(53-45)31-12-15-49(3,61)16-13-31/h4-5,7-8,10-11,14,19,23-26,30-31,34,39-40,53,61H,6,9,12-13,15-18,20-22,27-29H2,1-3H3,(H,56,60)(H2,51,66,67)(H2,52,54,55)/t31?,39-,40+,49?/m1/s1. The maximum absolute atomic E-state index is 14.3. The SMILES string of the molecule is CC(C)c1ccccc1[C@@H]1CCCN1C1CC2(CCN(c3ccc(C(=O)NS(=O)(=O)c4cc5c(c([N+](=O)[O-])c4)N[C@@H](C4CCC(C)(O)CC4)CO5)c(Oc4cc5cc[nH]c5nc4NS(N)(=O)=O)c3)CC2)C1. The second-order valence-corrected chi connectivity index (χ2v) is 23.8. The molecular formula is C50H61N9O10S2. The Labute approximate surface area is 413 Å². The average molecular weight is 1010 g/mol. The maximum Gasteiger partial charge on any atom is 0.297 e. The van der Waals surface area contributed by atoms with Gasteiger partial charge in [-0.1, -0.05) is 38.1 Å². The first-order chi connectivity index (χ1) is 33.7. The number of H-pyrrole nitrogens is 1. The van der Waals surface area contributed by atoms with E-state index in [1.807, 2.05) is 0 Å². The lowest BCUT2D eigenvalue weighted by atomic mass is 9.59. The summed E-state index contributed by atoms with van der Waals surface area (Å²) in [5.41, 5.74) is 2.56. The summed E-state index contributed by atoms with van der Waals surface area (Å²) in [6.07, 6.45) is 10.6. The number of nitro benzene ring substituents is 1. The third kappa shape index (κ3) is 9.98. The van der Waals surface area contributed by atoms with E-state index in [9.17, 15) is 36.9 Å². The number of nitro groups is 1. The fourth-order valence-corrected chi connectivity index (χ4v) is 13.2. The number of fused-ring (bicyclic) bond motifs is 2. The van der Waals surface area contributed by atoms with E-state index in [1.165, 1.54) is 29.7 Å². The first kappa shape index (κ1) is 48.6. The van der Waals surface area contributed by atoms with Crippen LogP contribution >= 0.6 is 0 Å². The Kier molecular flexibility index (Phi) is 12.7. The molecule has 0 radical (unpaired) electrons. The number of nitrogens with two attached hydrogens (primary N) is 1. The van der Waals surface area contributed by atoms with Gasteiger partial charge in [-0.05, 0) is 130 Å². The second kappa shape index (κ2) is 18.6. The van der Waals surface area contributed by atoms with Crippen LogP contribution in [0.4, 0.5) is 22.9 Å². The van der Waals surface area contributed by atoms with Crippen molar-refractivity contribution in [3.8, 4) is 17.2 Å². The second-order valence-electron chi connectivity index (χ2n) is 20.8. The molecule has 5 heterocycles. The number of aromatic amines is 1. The van der Waals surface area contributed by atoms with Crippen LogP contribution in [0, 0.1) is 21.4 Å². The number of rotatable bonds is 13. The molecule has 3 aromatic carbocycles. The maximum atomic E-state index is 14.3. The summed E-state index contributed by atoms with van der Waals surface area (Å²) in [5.74, 6) is -1.19. The Morgan fingerprint density at radius 2 is 1.73 bits per heavy atom. The fourth-order valence-electron chi connectivity index (χ4n) is 11.8. The van der Waals surface area contributed by atoms with E-state index in [-0.39, 0.29) is 58.3 Å². The number of carbonyl (C=O) groups excluding carboxylic acids is 1. The van der Waals surface area contributed by atoms with Gasteiger partial charge in [-0.25, -0.2) is 23.3 Å². The fraction of sp³-hybridized carbons (Fsp3) is 0.480. The number of pyridine rings is 1. The van der Waals surface area contributed by atoms with Crippen LogP contribution in [0.5, 0.6) is 17.2 Å². The monoisotopic (exact) mass is 1010 g/mol. The van der Waals surface area contributed by atoms with E-state index in [0.717, 1.165) is 63.9 Å². The molecule has 1 amide bonds. The van der Waals surface area contributed by atoms with Crippen molar-refractivity contribution in [3.05, 3.63) is 99.7 Å². The van der Waals surface area contributed by atoms with E-state index in [1.54, 1.807) is 31.3 Å². The van der Waals surface area contributed by atoms with Gasteiger partial charge in [0.25, 0.3) is 31.8 Å². The molecule has 5 aliphatic rings. The molecule has 5 aromatic rings.